The summed E-state index contributed by atoms with van der Waals surface area (Å²) in [5.41, 5.74) is 2.14. The molecule has 1 atom stereocenters. The maximum Gasteiger partial charge on any atom is 0.246 e. The number of carbonyl (C=O) groups excluding carboxylic acids is 2. The van der Waals surface area contributed by atoms with Gasteiger partial charge in [0, 0.05) is 38.2 Å². The molecule has 2 amide bonds. The molecule has 1 unspecified atom stereocenters. The monoisotopic (exact) mass is 405 g/mol. The van der Waals surface area contributed by atoms with Gasteiger partial charge in [0.1, 0.15) is 0 Å². The summed E-state index contributed by atoms with van der Waals surface area (Å²) in [6.45, 7) is 2.76. The molecule has 1 aliphatic rings. The van der Waals surface area contributed by atoms with Crippen LogP contribution in [0.3, 0.4) is 0 Å². The number of nitrogens with zero attached hydrogens (tertiary/aromatic N) is 1. The molecule has 30 heavy (non-hydrogen) atoms. The lowest BCUT2D eigenvalue weighted by molar-refractivity contribution is -0.126. The van der Waals surface area contributed by atoms with Crippen molar-refractivity contribution in [2.75, 3.05) is 26.2 Å². The molecule has 3 rings (SSSR count). The third-order valence-corrected chi connectivity index (χ3v) is 5.29. The van der Waals surface area contributed by atoms with Gasteiger partial charge in [-0.3, -0.25) is 9.59 Å². The van der Waals surface area contributed by atoms with Gasteiger partial charge in [0.2, 0.25) is 11.8 Å². The summed E-state index contributed by atoms with van der Waals surface area (Å²) in [6.07, 6.45) is 6.57. The van der Waals surface area contributed by atoms with Gasteiger partial charge in [0.15, 0.2) is 0 Å². The van der Waals surface area contributed by atoms with Gasteiger partial charge in [-0.2, -0.15) is 0 Å². The van der Waals surface area contributed by atoms with Crippen LogP contribution in [0.25, 0.3) is 6.08 Å². The van der Waals surface area contributed by atoms with Crippen molar-refractivity contribution in [1.29, 1.82) is 0 Å². The smallest absolute Gasteiger partial charge is 0.246 e. The SMILES string of the molecule is O=C1CC(c2ccccc2)NCCCCN(C(=O)C=Cc2ccccc2)CCCN1. The number of benzene rings is 2. The van der Waals surface area contributed by atoms with E-state index in [-0.39, 0.29) is 17.9 Å². The summed E-state index contributed by atoms with van der Waals surface area (Å²) in [7, 11) is 0. The van der Waals surface area contributed by atoms with Crippen LogP contribution >= 0.6 is 0 Å². The van der Waals surface area contributed by atoms with Crippen molar-refractivity contribution in [2.45, 2.75) is 31.7 Å². The Morgan fingerprint density at radius 2 is 1.60 bits per heavy atom. The minimum absolute atomic E-state index is 0.0125. The largest absolute Gasteiger partial charge is 0.356 e. The molecular formula is C25H31N3O2. The lowest BCUT2D eigenvalue weighted by Crippen LogP contribution is -2.34. The van der Waals surface area contributed by atoms with Gasteiger partial charge in [0.05, 0.1) is 0 Å². The van der Waals surface area contributed by atoms with E-state index in [1.807, 2.05) is 59.5 Å². The van der Waals surface area contributed by atoms with Crippen LogP contribution in [0.4, 0.5) is 0 Å². The molecule has 0 aliphatic carbocycles. The van der Waals surface area contributed by atoms with Gasteiger partial charge in [-0.1, -0.05) is 60.7 Å². The molecule has 1 aliphatic heterocycles. The Morgan fingerprint density at radius 1 is 0.900 bits per heavy atom. The first-order valence-corrected chi connectivity index (χ1v) is 10.8. The Labute approximate surface area is 179 Å². The standard InChI is InChI=1S/C25H31N3O2/c29-24-20-23(22-12-5-2-6-13-22)26-16-7-8-18-28(19-9-17-27-24)25(30)15-14-21-10-3-1-4-11-21/h1-6,10-15,23,26H,7-9,16-20H2,(H,27,29). The van der Waals surface area contributed by atoms with E-state index in [1.54, 1.807) is 6.08 Å². The Hall–Kier alpha value is -2.92. The molecule has 2 aromatic rings. The van der Waals surface area contributed by atoms with Crippen molar-refractivity contribution in [1.82, 2.24) is 15.5 Å². The first kappa shape index (κ1) is 21.8. The Balaban J connectivity index is 1.58. The highest BCUT2D eigenvalue weighted by molar-refractivity contribution is 5.91. The molecule has 0 bridgehead atoms. The average molecular weight is 406 g/mol. The Bertz CT molecular complexity index is 821. The Morgan fingerprint density at radius 3 is 2.37 bits per heavy atom. The fraction of sp³-hybridized carbons (Fsp3) is 0.360. The van der Waals surface area contributed by atoms with E-state index >= 15 is 0 Å². The van der Waals surface area contributed by atoms with Crippen LogP contribution in [-0.4, -0.2) is 42.9 Å². The van der Waals surface area contributed by atoms with Crippen molar-refractivity contribution in [2.24, 2.45) is 0 Å². The molecule has 2 N–H and O–H groups in total. The maximum absolute atomic E-state index is 12.7. The lowest BCUT2D eigenvalue weighted by Gasteiger charge is -2.21. The van der Waals surface area contributed by atoms with Crippen LogP contribution in [0.15, 0.2) is 66.7 Å². The topological polar surface area (TPSA) is 61.4 Å². The molecular weight excluding hydrogens is 374 g/mol. The van der Waals surface area contributed by atoms with Crippen molar-refractivity contribution in [3.05, 3.63) is 77.9 Å². The van der Waals surface area contributed by atoms with Gasteiger partial charge in [-0.15, -0.1) is 0 Å². The predicted molar refractivity (Wildman–Crippen MR) is 121 cm³/mol. The molecule has 0 radical (unpaired) electrons. The van der Waals surface area contributed by atoms with Gasteiger partial charge in [-0.25, -0.2) is 0 Å². The molecule has 0 spiro atoms. The first-order valence-electron chi connectivity index (χ1n) is 10.8. The van der Waals surface area contributed by atoms with Gasteiger partial charge in [-0.05, 0) is 43.0 Å². The van der Waals surface area contributed by atoms with Gasteiger partial charge < -0.3 is 15.5 Å². The van der Waals surface area contributed by atoms with Crippen LogP contribution in [0.2, 0.25) is 0 Å². The number of amides is 2. The summed E-state index contributed by atoms with van der Waals surface area (Å²) in [6, 6.07) is 20.0. The Kier molecular flexibility index (Phi) is 8.66. The quantitative estimate of drug-likeness (QED) is 0.768. The summed E-state index contributed by atoms with van der Waals surface area (Å²) in [5.74, 6) is 0.0626. The zero-order chi connectivity index (χ0) is 21.0. The van der Waals surface area contributed by atoms with Crippen LogP contribution in [-0.2, 0) is 9.59 Å². The van der Waals surface area contributed by atoms with Gasteiger partial charge in [0.25, 0.3) is 0 Å². The molecule has 1 saturated heterocycles. The van der Waals surface area contributed by atoms with E-state index in [0.717, 1.165) is 43.5 Å². The summed E-state index contributed by atoms with van der Waals surface area (Å²) < 4.78 is 0. The number of hydrogen-bond donors (Lipinski definition) is 2. The molecule has 2 aromatic carbocycles. The highest BCUT2D eigenvalue weighted by Gasteiger charge is 2.17. The number of carbonyl (C=O) groups is 2. The second-order valence-corrected chi connectivity index (χ2v) is 7.60. The zero-order valence-electron chi connectivity index (χ0n) is 17.4. The molecule has 5 heteroatoms. The minimum Gasteiger partial charge on any atom is -0.356 e. The van der Waals surface area contributed by atoms with Gasteiger partial charge >= 0.3 is 0 Å². The molecule has 1 fully saturated rings. The maximum atomic E-state index is 12.7. The van der Waals surface area contributed by atoms with Crippen molar-refractivity contribution >= 4 is 17.9 Å². The summed E-state index contributed by atoms with van der Waals surface area (Å²) in [5, 5.41) is 6.52. The van der Waals surface area contributed by atoms with Crippen LogP contribution in [0.1, 0.15) is 42.9 Å². The second-order valence-electron chi connectivity index (χ2n) is 7.60. The number of nitrogens with one attached hydrogen (secondary N) is 2. The highest BCUT2D eigenvalue weighted by Crippen LogP contribution is 2.17. The van der Waals surface area contributed by atoms with E-state index in [4.69, 9.17) is 0 Å². The fourth-order valence-corrected chi connectivity index (χ4v) is 3.62. The molecule has 5 nitrogen and oxygen atoms in total. The van der Waals surface area contributed by atoms with E-state index in [0.29, 0.717) is 19.5 Å². The zero-order valence-corrected chi connectivity index (χ0v) is 17.4. The average Bonchev–Trinajstić information content (AvgIpc) is 2.80. The van der Waals surface area contributed by atoms with Crippen LogP contribution < -0.4 is 10.6 Å². The summed E-state index contributed by atoms with van der Waals surface area (Å²) >= 11 is 0. The molecule has 0 saturated carbocycles. The van der Waals surface area contributed by atoms with E-state index in [9.17, 15) is 9.59 Å². The minimum atomic E-state index is 0.0125. The lowest BCUT2D eigenvalue weighted by atomic mass is 10.0. The molecule has 1 heterocycles. The normalized spacial score (nSPS) is 19.4. The second kappa shape index (κ2) is 11.9. The third-order valence-electron chi connectivity index (χ3n) is 5.29. The van der Waals surface area contributed by atoms with Crippen molar-refractivity contribution in [3.8, 4) is 0 Å². The number of rotatable bonds is 3. The number of hydrogen-bond acceptors (Lipinski definition) is 3. The van der Waals surface area contributed by atoms with E-state index in [2.05, 4.69) is 22.8 Å². The summed E-state index contributed by atoms with van der Waals surface area (Å²) in [4.78, 5) is 27.0. The van der Waals surface area contributed by atoms with Crippen molar-refractivity contribution in [3.63, 3.8) is 0 Å². The fourth-order valence-electron chi connectivity index (χ4n) is 3.62. The molecule has 158 valence electrons. The van der Waals surface area contributed by atoms with Crippen molar-refractivity contribution < 1.29 is 9.59 Å². The first-order chi connectivity index (χ1) is 14.7. The molecule has 0 aromatic heterocycles. The van der Waals surface area contributed by atoms with E-state index in [1.165, 1.54) is 0 Å². The third kappa shape index (κ3) is 7.16. The van der Waals surface area contributed by atoms with Crippen LogP contribution in [0, 0.1) is 0 Å². The highest BCUT2D eigenvalue weighted by atomic mass is 16.2. The van der Waals surface area contributed by atoms with Crippen LogP contribution in [0.5, 0.6) is 0 Å². The predicted octanol–water partition coefficient (Wildman–Crippen LogP) is 3.55. The van der Waals surface area contributed by atoms with E-state index < -0.39 is 0 Å².